The fourth-order valence-electron chi connectivity index (χ4n) is 3.21. The zero-order valence-corrected chi connectivity index (χ0v) is 17.2. The molecule has 1 amide bonds. The van der Waals surface area contributed by atoms with Crippen molar-refractivity contribution in [1.29, 1.82) is 0 Å². The minimum Gasteiger partial charge on any atom is -0.354 e. The lowest BCUT2D eigenvalue weighted by Crippen LogP contribution is -2.44. The summed E-state index contributed by atoms with van der Waals surface area (Å²) in [7, 11) is 0. The van der Waals surface area contributed by atoms with Gasteiger partial charge in [-0.15, -0.1) is 0 Å². The molecule has 3 heterocycles. The van der Waals surface area contributed by atoms with Crippen molar-refractivity contribution in [3.8, 4) is 10.6 Å². The van der Waals surface area contributed by atoms with E-state index in [-0.39, 0.29) is 23.8 Å². The molecule has 10 nitrogen and oxygen atoms in total. The summed E-state index contributed by atoms with van der Waals surface area (Å²) in [4.78, 5) is 43.4. The number of Topliss-reactive ketones (excluding diaryl/α,β-unsaturated/α-hetero) is 1. The van der Waals surface area contributed by atoms with Crippen LogP contribution in [0.15, 0.2) is 29.1 Å². The SMILES string of the molecule is CC(=O)c1cc(NC(=O)CN)cc(-c2nn3c(=O)cc(N4CCNCC4)nc3s2)c1. The van der Waals surface area contributed by atoms with E-state index in [1.165, 1.54) is 28.8 Å². The second-order valence-electron chi connectivity index (χ2n) is 6.90. The predicted octanol–water partition coefficient (Wildman–Crippen LogP) is 0.327. The number of amides is 1. The fourth-order valence-corrected chi connectivity index (χ4v) is 4.10. The maximum Gasteiger partial charge on any atom is 0.277 e. The number of anilines is 2. The lowest BCUT2D eigenvalue weighted by atomic mass is 10.1. The van der Waals surface area contributed by atoms with Gasteiger partial charge in [0.1, 0.15) is 10.8 Å². The van der Waals surface area contributed by atoms with E-state index < -0.39 is 0 Å². The number of benzene rings is 1. The van der Waals surface area contributed by atoms with E-state index in [0.29, 0.717) is 32.6 Å². The van der Waals surface area contributed by atoms with Crippen molar-refractivity contribution >= 4 is 39.5 Å². The molecule has 1 fully saturated rings. The Balaban J connectivity index is 1.77. The number of piperazine rings is 1. The van der Waals surface area contributed by atoms with Crippen molar-refractivity contribution in [2.45, 2.75) is 6.92 Å². The van der Waals surface area contributed by atoms with Gasteiger partial charge in [-0.1, -0.05) is 11.3 Å². The van der Waals surface area contributed by atoms with Crippen LogP contribution in [0.1, 0.15) is 17.3 Å². The number of hydrogen-bond acceptors (Lipinski definition) is 9. The molecule has 30 heavy (non-hydrogen) atoms. The van der Waals surface area contributed by atoms with Crippen LogP contribution in [0.5, 0.6) is 0 Å². The van der Waals surface area contributed by atoms with E-state index in [4.69, 9.17) is 5.73 Å². The third kappa shape index (κ3) is 4.08. The van der Waals surface area contributed by atoms with Crippen LogP contribution < -0.4 is 26.8 Å². The molecule has 0 spiro atoms. The monoisotopic (exact) mass is 427 g/mol. The van der Waals surface area contributed by atoms with Gasteiger partial charge in [-0.25, -0.2) is 4.98 Å². The van der Waals surface area contributed by atoms with Crippen LogP contribution in [0.25, 0.3) is 15.5 Å². The molecule has 1 aliphatic rings. The van der Waals surface area contributed by atoms with E-state index in [1.807, 2.05) is 0 Å². The lowest BCUT2D eigenvalue weighted by molar-refractivity contribution is -0.114. The molecule has 0 atom stereocenters. The summed E-state index contributed by atoms with van der Waals surface area (Å²) in [5.41, 5.74) is 6.56. The van der Waals surface area contributed by atoms with E-state index in [2.05, 4.69) is 25.6 Å². The Kier molecular flexibility index (Phi) is 5.57. The molecule has 1 aliphatic heterocycles. The quantitative estimate of drug-likeness (QED) is 0.496. The van der Waals surface area contributed by atoms with Crippen molar-refractivity contribution < 1.29 is 9.59 Å². The summed E-state index contributed by atoms with van der Waals surface area (Å²) in [6.07, 6.45) is 0. The van der Waals surface area contributed by atoms with Crippen LogP contribution in [0.4, 0.5) is 11.5 Å². The highest BCUT2D eigenvalue weighted by molar-refractivity contribution is 7.19. The number of carbonyl (C=O) groups is 2. The molecule has 11 heteroatoms. The van der Waals surface area contributed by atoms with Gasteiger partial charge in [-0.2, -0.15) is 9.61 Å². The van der Waals surface area contributed by atoms with Gasteiger partial charge in [0.25, 0.3) is 5.56 Å². The number of nitrogens with two attached hydrogens (primary N) is 1. The normalized spacial score (nSPS) is 14.1. The Hall–Kier alpha value is -3.15. The highest BCUT2D eigenvalue weighted by Gasteiger charge is 2.17. The first kappa shape index (κ1) is 20.1. The number of aromatic nitrogens is 3. The highest BCUT2D eigenvalue weighted by atomic mass is 32.1. The predicted molar refractivity (Wildman–Crippen MR) is 115 cm³/mol. The molecule has 0 bridgehead atoms. The van der Waals surface area contributed by atoms with E-state index in [1.54, 1.807) is 18.2 Å². The average Bonchev–Trinajstić information content (AvgIpc) is 3.19. The zero-order valence-electron chi connectivity index (χ0n) is 16.3. The number of carbonyl (C=O) groups excluding carboxylic acids is 2. The summed E-state index contributed by atoms with van der Waals surface area (Å²) in [6.45, 7) is 4.50. The van der Waals surface area contributed by atoms with Crippen molar-refractivity contribution in [1.82, 2.24) is 19.9 Å². The lowest BCUT2D eigenvalue weighted by Gasteiger charge is -2.27. The van der Waals surface area contributed by atoms with Crippen LogP contribution in [0, 0.1) is 0 Å². The Morgan fingerprint density at radius 3 is 2.70 bits per heavy atom. The van der Waals surface area contributed by atoms with Crippen molar-refractivity contribution in [3.63, 3.8) is 0 Å². The summed E-state index contributed by atoms with van der Waals surface area (Å²) in [6, 6.07) is 6.45. The summed E-state index contributed by atoms with van der Waals surface area (Å²) in [5.74, 6) is 0.104. The topological polar surface area (TPSA) is 135 Å². The van der Waals surface area contributed by atoms with Crippen LogP contribution in [0.3, 0.4) is 0 Å². The number of nitrogens with one attached hydrogen (secondary N) is 2. The molecule has 1 saturated heterocycles. The average molecular weight is 427 g/mol. The van der Waals surface area contributed by atoms with E-state index in [0.717, 1.165) is 26.2 Å². The standard InChI is InChI=1S/C19H21N7O3S/c1-11(27)12-6-13(8-14(7-12)22-16(28)10-20)18-24-26-17(29)9-15(23-19(26)30-18)25-4-2-21-3-5-25/h6-9,21H,2-5,10,20H2,1H3,(H,22,28). The third-order valence-electron chi connectivity index (χ3n) is 4.73. The Labute approximate surface area is 175 Å². The van der Waals surface area contributed by atoms with Crippen LogP contribution >= 0.6 is 11.3 Å². The fraction of sp³-hybridized carbons (Fsp3) is 0.316. The minimum absolute atomic E-state index is 0.155. The van der Waals surface area contributed by atoms with Gasteiger partial charge in [0.2, 0.25) is 10.9 Å². The molecule has 0 saturated carbocycles. The second-order valence-corrected chi connectivity index (χ2v) is 7.85. The number of rotatable bonds is 5. The molecule has 1 aromatic carbocycles. The van der Waals surface area contributed by atoms with Crippen molar-refractivity contribution in [3.05, 3.63) is 40.2 Å². The number of nitrogens with zero attached hydrogens (tertiary/aromatic N) is 4. The second kappa shape index (κ2) is 8.30. The first-order chi connectivity index (χ1) is 14.4. The largest absolute Gasteiger partial charge is 0.354 e. The first-order valence-corrected chi connectivity index (χ1v) is 10.3. The Morgan fingerprint density at radius 2 is 2.00 bits per heavy atom. The maximum atomic E-state index is 12.6. The molecule has 3 aromatic rings. The molecular formula is C19H21N7O3S. The highest BCUT2D eigenvalue weighted by Crippen LogP contribution is 2.29. The summed E-state index contributed by atoms with van der Waals surface area (Å²) < 4.78 is 1.25. The Bertz CT molecular complexity index is 1180. The van der Waals surface area contributed by atoms with Gasteiger partial charge in [-0.05, 0) is 25.1 Å². The van der Waals surface area contributed by atoms with E-state index in [9.17, 15) is 14.4 Å². The minimum atomic E-state index is -0.371. The molecular weight excluding hydrogens is 406 g/mol. The van der Waals surface area contributed by atoms with Gasteiger partial charge in [0.15, 0.2) is 5.78 Å². The molecule has 4 N–H and O–H groups in total. The van der Waals surface area contributed by atoms with Gasteiger partial charge in [0, 0.05) is 49.1 Å². The van der Waals surface area contributed by atoms with Gasteiger partial charge in [-0.3, -0.25) is 14.4 Å². The van der Waals surface area contributed by atoms with Gasteiger partial charge in [0.05, 0.1) is 6.54 Å². The first-order valence-electron chi connectivity index (χ1n) is 9.47. The maximum absolute atomic E-state index is 12.6. The van der Waals surface area contributed by atoms with Crippen LogP contribution in [-0.2, 0) is 4.79 Å². The Morgan fingerprint density at radius 1 is 1.23 bits per heavy atom. The van der Waals surface area contributed by atoms with Crippen molar-refractivity contribution in [2.24, 2.45) is 5.73 Å². The molecule has 0 aliphatic carbocycles. The molecule has 0 radical (unpaired) electrons. The summed E-state index contributed by atoms with van der Waals surface area (Å²) >= 11 is 1.25. The molecule has 156 valence electrons. The van der Waals surface area contributed by atoms with Gasteiger partial charge >= 0.3 is 0 Å². The number of ketones is 1. The molecule has 0 unspecified atom stereocenters. The van der Waals surface area contributed by atoms with Crippen molar-refractivity contribution in [2.75, 3.05) is 42.9 Å². The molecule has 2 aromatic heterocycles. The van der Waals surface area contributed by atoms with Crippen LogP contribution in [-0.4, -0.2) is 59.0 Å². The van der Waals surface area contributed by atoms with Gasteiger partial charge < -0.3 is 21.3 Å². The third-order valence-corrected chi connectivity index (χ3v) is 5.69. The smallest absolute Gasteiger partial charge is 0.277 e. The number of hydrogen-bond donors (Lipinski definition) is 3. The number of fused-ring (bicyclic) bond motifs is 1. The summed E-state index contributed by atoms with van der Waals surface area (Å²) in [5, 5.41) is 10.8. The van der Waals surface area contributed by atoms with Crippen LogP contribution in [0.2, 0.25) is 0 Å². The zero-order chi connectivity index (χ0) is 21.3. The van der Waals surface area contributed by atoms with E-state index >= 15 is 0 Å². The molecule has 4 rings (SSSR count).